The van der Waals surface area contributed by atoms with Crippen LogP contribution in [0.5, 0.6) is 17.2 Å². The van der Waals surface area contributed by atoms with E-state index in [9.17, 15) is 23.9 Å². The summed E-state index contributed by atoms with van der Waals surface area (Å²) in [5.74, 6) is -1.14. The number of anilines is 2. The second kappa shape index (κ2) is 16.2. The summed E-state index contributed by atoms with van der Waals surface area (Å²) in [6, 6.07) is 17.0. The molecule has 1 heterocycles. The maximum atomic E-state index is 13.2. The summed E-state index contributed by atoms with van der Waals surface area (Å²) in [6.07, 6.45) is 13.0. The van der Waals surface area contributed by atoms with Gasteiger partial charge in [-0.3, -0.25) is 14.6 Å². The number of unbranched alkanes of at least 4 members (excludes halogenated alkanes) is 8. The van der Waals surface area contributed by atoms with Gasteiger partial charge in [0.2, 0.25) is 11.8 Å². The highest BCUT2D eigenvalue weighted by Crippen LogP contribution is 2.47. The Balaban J connectivity index is 1.18. The lowest BCUT2D eigenvalue weighted by molar-refractivity contribution is -0.131. The van der Waals surface area contributed by atoms with Gasteiger partial charge >= 0.3 is 5.97 Å². The number of carboxylic acid groups (broad SMARTS) is 1. The van der Waals surface area contributed by atoms with Crippen molar-refractivity contribution in [2.45, 2.75) is 77.6 Å². The lowest BCUT2D eigenvalue weighted by Gasteiger charge is -2.16. The molecule has 1 aliphatic carbocycles. The van der Waals surface area contributed by atoms with Crippen LogP contribution in [0.1, 0.15) is 87.9 Å². The number of aromatic nitrogens is 1. The standard InChI is InChI=1S/C38H42FN3O6/c1-2-3-4-5-6-7-8-9-10-23-47-34-25-30-32(24-31(34)35(43)44)40-22-19-33(30)48-29-17-15-28(16-18-29)42-37(46)38(20-21-38)36(45)41-27-13-11-26(39)12-14-27/h11-19,22,24-25H,2-10,20-21,23H2,1H3,(H,41,45)(H,42,46)(H,43,44). The van der Waals surface area contributed by atoms with Gasteiger partial charge in [0, 0.05) is 23.0 Å². The number of pyridine rings is 1. The topological polar surface area (TPSA) is 127 Å². The first-order valence-corrected chi connectivity index (χ1v) is 16.7. The van der Waals surface area contributed by atoms with Crippen LogP contribution in [0.3, 0.4) is 0 Å². The molecule has 252 valence electrons. The van der Waals surface area contributed by atoms with Gasteiger partial charge < -0.3 is 25.2 Å². The third-order valence-electron chi connectivity index (χ3n) is 8.60. The summed E-state index contributed by atoms with van der Waals surface area (Å²) < 4.78 is 25.3. The van der Waals surface area contributed by atoms with Gasteiger partial charge in [-0.15, -0.1) is 0 Å². The van der Waals surface area contributed by atoms with E-state index in [2.05, 4.69) is 22.5 Å². The highest BCUT2D eigenvalue weighted by Gasteiger charge is 2.56. The van der Waals surface area contributed by atoms with Gasteiger partial charge in [-0.1, -0.05) is 58.3 Å². The van der Waals surface area contributed by atoms with Crippen LogP contribution in [0, 0.1) is 11.2 Å². The van der Waals surface area contributed by atoms with Crippen LogP contribution in [0.2, 0.25) is 0 Å². The number of hydrogen-bond donors (Lipinski definition) is 3. The third-order valence-corrected chi connectivity index (χ3v) is 8.60. The first kappa shape index (κ1) is 34.3. The number of nitrogens with one attached hydrogen (secondary N) is 2. The van der Waals surface area contributed by atoms with Crippen molar-refractivity contribution in [2.75, 3.05) is 17.2 Å². The van der Waals surface area contributed by atoms with E-state index in [1.165, 1.54) is 68.9 Å². The highest BCUT2D eigenvalue weighted by molar-refractivity contribution is 6.16. The van der Waals surface area contributed by atoms with Gasteiger partial charge in [0.15, 0.2) is 0 Å². The molecule has 1 aliphatic rings. The molecule has 48 heavy (non-hydrogen) atoms. The van der Waals surface area contributed by atoms with Gasteiger partial charge in [-0.2, -0.15) is 0 Å². The number of benzene rings is 3. The Hall–Kier alpha value is -4.99. The maximum absolute atomic E-state index is 13.2. The minimum Gasteiger partial charge on any atom is -0.493 e. The number of fused-ring (bicyclic) bond motifs is 1. The fourth-order valence-electron chi connectivity index (χ4n) is 5.57. The zero-order valence-electron chi connectivity index (χ0n) is 27.2. The smallest absolute Gasteiger partial charge is 0.339 e. The highest BCUT2D eigenvalue weighted by atomic mass is 19.1. The number of carboxylic acids is 1. The summed E-state index contributed by atoms with van der Waals surface area (Å²) >= 11 is 0. The molecule has 0 saturated heterocycles. The molecule has 3 N–H and O–H groups in total. The average Bonchev–Trinajstić information content (AvgIpc) is 3.90. The van der Waals surface area contributed by atoms with E-state index in [0.717, 1.165) is 19.3 Å². The minimum absolute atomic E-state index is 0.0444. The van der Waals surface area contributed by atoms with Crippen LogP contribution in [0.15, 0.2) is 72.9 Å². The van der Waals surface area contributed by atoms with Crippen molar-refractivity contribution in [3.05, 3.63) is 84.3 Å². The molecule has 0 radical (unpaired) electrons. The Morgan fingerprint density at radius 1 is 0.792 bits per heavy atom. The first-order chi connectivity index (χ1) is 23.3. The normalized spacial score (nSPS) is 13.1. The molecule has 2 amide bonds. The van der Waals surface area contributed by atoms with E-state index in [-0.39, 0.29) is 11.3 Å². The van der Waals surface area contributed by atoms with Gasteiger partial charge in [0.05, 0.1) is 12.1 Å². The van der Waals surface area contributed by atoms with Crippen LogP contribution < -0.4 is 20.1 Å². The van der Waals surface area contributed by atoms with Crippen molar-refractivity contribution in [3.63, 3.8) is 0 Å². The number of amides is 2. The average molecular weight is 656 g/mol. The van der Waals surface area contributed by atoms with Crippen LogP contribution in [0.4, 0.5) is 15.8 Å². The fraction of sp³-hybridized carbons (Fsp3) is 0.368. The number of rotatable bonds is 18. The molecule has 0 atom stereocenters. The SMILES string of the molecule is CCCCCCCCCCCOc1cc2c(Oc3ccc(NC(=O)C4(C(=O)Nc5ccc(F)cc5)CC4)cc3)ccnc2cc1C(=O)O. The molecule has 10 heteroatoms. The van der Waals surface area contributed by atoms with Crippen LogP contribution in [-0.2, 0) is 9.59 Å². The second-order valence-electron chi connectivity index (χ2n) is 12.3. The van der Waals surface area contributed by atoms with E-state index in [1.54, 1.807) is 42.6 Å². The van der Waals surface area contributed by atoms with Crippen LogP contribution in [0.25, 0.3) is 10.9 Å². The minimum atomic E-state index is -1.18. The number of aromatic carboxylic acids is 1. The van der Waals surface area contributed by atoms with Gasteiger partial charge in [0.1, 0.15) is 34.0 Å². The summed E-state index contributed by atoms with van der Waals surface area (Å²) in [5.41, 5.74) is 0.233. The Bertz CT molecular complexity index is 1720. The Morgan fingerprint density at radius 3 is 1.96 bits per heavy atom. The van der Waals surface area contributed by atoms with Gasteiger partial charge in [-0.05, 0) is 86.0 Å². The summed E-state index contributed by atoms with van der Waals surface area (Å²) in [5, 5.41) is 15.9. The molecule has 4 aromatic rings. The van der Waals surface area contributed by atoms with Crippen LogP contribution in [-0.4, -0.2) is 34.5 Å². The maximum Gasteiger partial charge on any atom is 0.339 e. The van der Waals surface area contributed by atoms with Crippen LogP contribution >= 0.6 is 0 Å². The van der Waals surface area contributed by atoms with Crippen molar-refractivity contribution in [2.24, 2.45) is 5.41 Å². The van der Waals surface area contributed by atoms with Crippen molar-refractivity contribution >= 4 is 40.1 Å². The van der Waals surface area contributed by atoms with E-state index in [0.29, 0.717) is 53.2 Å². The van der Waals surface area contributed by atoms with Crippen molar-refractivity contribution < 1.29 is 33.4 Å². The molecule has 0 bridgehead atoms. The molecular formula is C38H42FN3O6. The van der Waals surface area contributed by atoms with Crippen molar-refractivity contribution in [1.82, 2.24) is 4.98 Å². The lowest BCUT2D eigenvalue weighted by atomic mass is 10.0. The Kier molecular flexibility index (Phi) is 11.6. The predicted molar refractivity (Wildman–Crippen MR) is 183 cm³/mol. The predicted octanol–water partition coefficient (Wildman–Crippen LogP) is 9.13. The molecule has 5 rings (SSSR count). The quantitative estimate of drug-likeness (QED) is 0.0721. The molecule has 1 fully saturated rings. The summed E-state index contributed by atoms with van der Waals surface area (Å²) in [7, 11) is 0. The van der Waals surface area contributed by atoms with Gasteiger partial charge in [-0.25, -0.2) is 9.18 Å². The molecule has 1 aromatic heterocycles. The number of halogens is 1. The second-order valence-corrected chi connectivity index (χ2v) is 12.3. The number of nitrogens with zero attached hydrogens (tertiary/aromatic N) is 1. The Labute approximate surface area is 279 Å². The van der Waals surface area contributed by atoms with E-state index < -0.39 is 29.0 Å². The number of carbonyl (C=O) groups is 3. The molecule has 9 nitrogen and oxygen atoms in total. The number of hydrogen-bond acceptors (Lipinski definition) is 6. The molecule has 1 saturated carbocycles. The number of carbonyl (C=O) groups excluding carboxylic acids is 2. The zero-order valence-corrected chi connectivity index (χ0v) is 27.2. The molecular weight excluding hydrogens is 613 g/mol. The molecule has 0 aliphatic heterocycles. The first-order valence-electron chi connectivity index (χ1n) is 16.7. The van der Waals surface area contributed by atoms with Crippen molar-refractivity contribution in [3.8, 4) is 17.2 Å². The van der Waals surface area contributed by atoms with Gasteiger partial charge in [0.25, 0.3) is 0 Å². The van der Waals surface area contributed by atoms with E-state index in [4.69, 9.17) is 9.47 Å². The summed E-state index contributed by atoms with van der Waals surface area (Å²) in [4.78, 5) is 42.3. The molecule has 0 unspecified atom stereocenters. The largest absolute Gasteiger partial charge is 0.493 e. The number of ether oxygens (including phenoxy) is 2. The summed E-state index contributed by atoms with van der Waals surface area (Å²) in [6.45, 7) is 2.63. The monoisotopic (exact) mass is 655 g/mol. The lowest BCUT2D eigenvalue weighted by Crippen LogP contribution is -2.35. The fourth-order valence-corrected chi connectivity index (χ4v) is 5.57. The van der Waals surface area contributed by atoms with E-state index >= 15 is 0 Å². The molecule has 3 aromatic carbocycles. The third kappa shape index (κ3) is 8.87. The van der Waals surface area contributed by atoms with E-state index in [1.807, 2.05) is 0 Å². The van der Waals surface area contributed by atoms with Crippen molar-refractivity contribution in [1.29, 1.82) is 0 Å². The Morgan fingerprint density at radius 2 is 1.38 bits per heavy atom. The zero-order chi connectivity index (χ0) is 33.9. The molecule has 0 spiro atoms.